The van der Waals surface area contributed by atoms with Crippen molar-refractivity contribution in [3.63, 3.8) is 0 Å². The molecule has 2 N–H and O–H groups in total. The van der Waals surface area contributed by atoms with Crippen molar-refractivity contribution in [2.24, 2.45) is 10.7 Å². The number of fused-ring (bicyclic) bond motifs is 2. The summed E-state index contributed by atoms with van der Waals surface area (Å²) in [5, 5.41) is 9.63. The molecular formula is C24H25N7O. The van der Waals surface area contributed by atoms with Gasteiger partial charge in [0.15, 0.2) is 5.82 Å². The van der Waals surface area contributed by atoms with Gasteiger partial charge in [-0.05, 0) is 62.1 Å². The molecular weight excluding hydrogens is 402 g/mol. The molecule has 2 bridgehead atoms. The Bertz CT molecular complexity index is 1120. The van der Waals surface area contributed by atoms with Crippen LogP contribution in [0.2, 0.25) is 0 Å². The second-order valence-corrected chi connectivity index (χ2v) is 8.52. The molecule has 1 saturated carbocycles. The summed E-state index contributed by atoms with van der Waals surface area (Å²) in [7, 11) is 0. The number of rotatable bonds is 5. The van der Waals surface area contributed by atoms with Crippen LogP contribution in [0.15, 0.2) is 47.9 Å². The Morgan fingerprint density at radius 2 is 1.94 bits per heavy atom. The molecule has 0 aromatic carbocycles. The van der Waals surface area contributed by atoms with Gasteiger partial charge in [-0.1, -0.05) is 0 Å². The maximum Gasteiger partial charge on any atom is 0.257 e. The normalized spacial score (nSPS) is 22.6. The van der Waals surface area contributed by atoms with Crippen molar-refractivity contribution in [1.29, 1.82) is 5.26 Å². The quantitative estimate of drug-likeness (QED) is 0.735. The molecule has 0 radical (unpaired) electrons. The number of likely N-dealkylation sites (tertiary alicyclic amines) is 1. The number of aliphatic imine (C=N–C) groups is 1. The van der Waals surface area contributed by atoms with Crippen LogP contribution < -0.4 is 10.6 Å². The van der Waals surface area contributed by atoms with Gasteiger partial charge in [0.25, 0.3) is 5.91 Å². The molecule has 8 heteroatoms. The van der Waals surface area contributed by atoms with E-state index >= 15 is 0 Å². The summed E-state index contributed by atoms with van der Waals surface area (Å²) in [5.41, 5.74) is 7.69. The summed E-state index contributed by atoms with van der Waals surface area (Å²) < 4.78 is 0. The second kappa shape index (κ2) is 8.42. The number of pyridine rings is 2. The number of amides is 1. The molecule has 32 heavy (non-hydrogen) atoms. The fourth-order valence-electron chi connectivity index (χ4n) is 4.95. The van der Waals surface area contributed by atoms with E-state index in [0.29, 0.717) is 30.4 Å². The highest BCUT2D eigenvalue weighted by Gasteiger charge is 2.44. The van der Waals surface area contributed by atoms with E-state index < -0.39 is 0 Å². The van der Waals surface area contributed by atoms with Crippen LogP contribution in [-0.4, -0.2) is 52.2 Å². The summed E-state index contributed by atoms with van der Waals surface area (Å²) in [6, 6.07) is 8.10. The molecule has 3 fully saturated rings. The molecule has 8 nitrogen and oxygen atoms in total. The number of carbonyl (C=O) groups is 1. The molecule has 162 valence electrons. The Balaban J connectivity index is 1.40. The summed E-state index contributed by atoms with van der Waals surface area (Å²) in [6.45, 7) is 1.25. The average molecular weight is 428 g/mol. The highest BCUT2D eigenvalue weighted by molar-refractivity contribution is 5.99. The number of allylic oxidation sites excluding steroid dienone is 1. The van der Waals surface area contributed by atoms with Gasteiger partial charge in [-0.2, -0.15) is 5.26 Å². The fourth-order valence-corrected chi connectivity index (χ4v) is 4.95. The summed E-state index contributed by atoms with van der Waals surface area (Å²) >= 11 is 0. The molecule has 1 amide bonds. The van der Waals surface area contributed by atoms with Crippen LogP contribution in [0.3, 0.4) is 0 Å². The number of nitrogens with two attached hydrogens (primary N) is 1. The molecule has 2 unspecified atom stereocenters. The number of nitrogens with zero attached hydrogens (tertiary/aromatic N) is 6. The van der Waals surface area contributed by atoms with Crippen LogP contribution in [0.5, 0.6) is 0 Å². The van der Waals surface area contributed by atoms with Crippen molar-refractivity contribution < 1.29 is 4.79 Å². The zero-order valence-electron chi connectivity index (χ0n) is 17.8. The molecule has 2 atom stereocenters. The first-order chi connectivity index (χ1) is 15.7. The minimum atomic E-state index is -0.0559. The third kappa shape index (κ3) is 3.60. The maximum absolute atomic E-state index is 13.4. The van der Waals surface area contributed by atoms with Gasteiger partial charge in [-0.3, -0.25) is 4.79 Å². The predicted molar refractivity (Wildman–Crippen MR) is 122 cm³/mol. The molecule has 5 rings (SSSR count). The monoisotopic (exact) mass is 427 g/mol. The number of hydrogen-bond acceptors (Lipinski definition) is 7. The van der Waals surface area contributed by atoms with Gasteiger partial charge in [-0.15, -0.1) is 0 Å². The van der Waals surface area contributed by atoms with E-state index in [2.05, 4.69) is 20.9 Å². The van der Waals surface area contributed by atoms with Crippen LogP contribution in [-0.2, 0) is 0 Å². The van der Waals surface area contributed by atoms with Crippen LogP contribution in [0.4, 0.5) is 11.6 Å². The third-order valence-electron chi connectivity index (χ3n) is 6.50. The van der Waals surface area contributed by atoms with Crippen molar-refractivity contribution in [1.82, 2.24) is 14.9 Å². The number of piperazine rings is 1. The predicted octanol–water partition coefficient (Wildman–Crippen LogP) is 2.89. The lowest BCUT2D eigenvalue weighted by Gasteiger charge is -2.42. The van der Waals surface area contributed by atoms with Crippen LogP contribution in [0.25, 0.3) is 0 Å². The van der Waals surface area contributed by atoms with Gasteiger partial charge in [0.2, 0.25) is 0 Å². The molecule has 4 heterocycles. The molecule has 0 spiro atoms. The van der Waals surface area contributed by atoms with Crippen molar-refractivity contribution in [3.8, 4) is 6.07 Å². The van der Waals surface area contributed by atoms with Gasteiger partial charge in [0, 0.05) is 49.3 Å². The van der Waals surface area contributed by atoms with E-state index in [1.54, 1.807) is 30.6 Å². The second-order valence-electron chi connectivity index (χ2n) is 8.52. The maximum atomic E-state index is 13.4. The van der Waals surface area contributed by atoms with Gasteiger partial charge in [0.05, 0.1) is 17.2 Å². The summed E-state index contributed by atoms with van der Waals surface area (Å²) in [5.74, 6) is 1.72. The molecule has 2 aromatic heterocycles. The van der Waals surface area contributed by atoms with Gasteiger partial charge in [-0.25, -0.2) is 15.0 Å². The summed E-state index contributed by atoms with van der Waals surface area (Å²) in [6.07, 6.45) is 12.1. The fraction of sp³-hybridized carbons (Fsp3) is 0.375. The number of aromatic nitrogens is 2. The van der Waals surface area contributed by atoms with E-state index in [0.717, 1.165) is 42.6 Å². The molecule has 2 aliphatic heterocycles. The Morgan fingerprint density at radius 1 is 1.16 bits per heavy atom. The van der Waals surface area contributed by atoms with Gasteiger partial charge < -0.3 is 15.5 Å². The van der Waals surface area contributed by atoms with Crippen molar-refractivity contribution >= 4 is 23.8 Å². The molecule has 2 aromatic rings. The Morgan fingerprint density at radius 3 is 2.62 bits per heavy atom. The molecule has 1 aliphatic carbocycles. The average Bonchev–Trinajstić information content (AvgIpc) is 3.63. The first-order valence-electron chi connectivity index (χ1n) is 11.0. The largest absolute Gasteiger partial charge is 0.405 e. The van der Waals surface area contributed by atoms with Crippen LogP contribution in [0.1, 0.15) is 53.1 Å². The zero-order valence-corrected chi connectivity index (χ0v) is 17.8. The Hall–Kier alpha value is -3.73. The van der Waals surface area contributed by atoms with Crippen molar-refractivity contribution in [3.05, 3.63) is 59.6 Å². The van der Waals surface area contributed by atoms with Crippen molar-refractivity contribution in [2.75, 3.05) is 18.0 Å². The van der Waals surface area contributed by atoms with Crippen LogP contribution in [0, 0.1) is 11.3 Å². The van der Waals surface area contributed by atoms with E-state index in [-0.39, 0.29) is 18.0 Å². The Labute approximate surface area is 187 Å². The van der Waals surface area contributed by atoms with E-state index in [1.807, 2.05) is 11.0 Å². The first kappa shape index (κ1) is 20.2. The van der Waals surface area contributed by atoms with E-state index in [1.165, 1.54) is 12.4 Å². The lowest BCUT2D eigenvalue weighted by molar-refractivity contribution is 0.0718. The van der Waals surface area contributed by atoms with Gasteiger partial charge in [0.1, 0.15) is 5.82 Å². The van der Waals surface area contributed by atoms with Gasteiger partial charge >= 0.3 is 0 Å². The lowest BCUT2D eigenvalue weighted by Crippen LogP contribution is -2.56. The highest BCUT2D eigenvalue weighted by atomic mass is 16.2. The minimum Gasteiger partial charge on any atom is -0.405 e. The van der Waals surface area contributed by atoms with E-state index in [4.69, 9.17) is 10.7 Å². The highest BCUT2D eigenvalue weighted by Crippen LogP contribution is 2.47. The van der Waals surface area contributed by atoms with Crippen LogP contribution >= 0.6 is 0 Å². The minimum absolute atomic E-state index is 0.0559. The number of nitriles is 1. The Kier molecular flexibility index (Phi) is 5.31. The first-order valence-corrected chi connectivity index (χ1v) is 11.0. The number of carbonyl (C=O) groups excluding carboxylic acids is 1. The third-order valence-corrected chi connectivity index (χ3v) is 6.50. The topological polar surface area (TPSA) is 112 Å². The lowest BCUT2D eigenvalue weighted by atomic mass is 10.0. The zero-order chi connectivity index (χ0) is 22.1. The summed E-state index contributed by atoms with van der Waals surface area (Å²) in [4.78, 5) is 31.0. The SMILES string of the molecule is N#Cc1ccnc(N2C3CCC2CN(C(=O)c2cccnc2N=CC=CN)C3)c1C1CC1. The standard InChI is InChI=1S/C24H25N7O/c25-9-2-11-28-22-20(3-1-10-27-22)24(32)30-14-18-6-7-19(15-30)31(18)23-21(16-4-5-16)17(13-26)8-12-29-23/h1-3,8-12,16,18-19H,4-7,14-15,25H2. The number of hydrogen-bond donors (Lipinski definition) is 1. The van der Waals surface area contributed by atoms with E-state index in [9.17, 15) is 10.1 Å². The molecule has 2 saturated heterocycles. The molecule has 3 aliphatic rings. The number of anilines is 1. The van der Waals surface area contributed by atoms with Crippen molar-refractivity contribution in [2.45, 2.75) is 43.7 Å². The smallest absolute Gasteiger partial charge is 0.257 e.